The first-order valence-electron chi connectivity index (χ1n) is 10.4. The van der Waals surface area contributed by atoms with Gasteiger partial charge in [0.05, 0.1) is 23.6 Å². The second kappa shape index (κ2) is 10.8. The van der Waals surface area contributed by atoms with Crippen molar-refractivity contribution in [1.29, 1.82) is 0 Å². The molecule has 0 saturated heterocycles. The van der Waals surface area contributed by atoms with Crippen LogP contribution in [-0.2, 0) is 21.2 Å². The van der Waals surface area contributed by atoms with Crippen LogP contribution in [0.5, 0.6) is 5.75 Å². The first-order chi connectivity index (χ1) is 15.7. The standard InChI is InChI=1S/C25H27ClN2O4S/c1-18-13-19(2)15-21(14-18)27-25(29)17-28(12-11-20-7-5-4-6-8-20)33(30,31)22-9-10-24(32-3)23(26)16-22/h4-10,13-16H,11-12,17H2,1-3H3,(H,27,29). The number of carbonyl (C=O) groups is 1. The second-order valence-electron chi connectivity index (χ2n) is 7.80. The monoisotopic (exact) mass is 486 g/mol. The molecule has 33 heavy (non-hydrogen) atoms. The van der Waals surface area contributed by atoms with Crippen molar-refractivity contribution >= 4 is 33.2 Å². The van der Waals surface area contributed by atoms with Crippen molar-refractivity contribution in [3.05, 3.63) is 88.4 Å². The maximum Gasteiger partial charge on any atom is 0.243 e. The van der Waals surface area contributed by atoms with Crippen molar-refractivity contribution in [2.45, 2.75) is 25.2 Å². The van der Waals surface area contributed by atoms with Gasteiger partial charge < -0.3 is 10.1 Å². The molecule has 0 atom stereocenters. The fraction of sp³-hybridized carbons (Fsp3) is 0.240. The summed E-state index contributed by atoms with van der Waals surface area (Å²) in [5.41, 5.74) is 3.61. The SMILES string of the molecule is COc1ccc(S(=O)(=O)N(CCc2ccccc2)CC(=O)Nc2cc(C)cc(C)c2)cc1Cl. The van der Waals surface area contributed by atoms with E-state index in [1.54, 1.807) is 0 Å². The molecule has 0 aliphatic heterocycles. The van der Waals surface area contributed by atoms with Crippen LogP contribution in [0.15, 0.2) is 71.6 Å². The molecule has 0 fully saturated rings. The van der Waals surface area contributed by atoms with Gasteiger partial charge >= 0.3 is 0 Å². The third-order valence-electron chi connectivity index (χ3n) is 5.08. The summed E-state index contributed by atoms with van der Waals surface area (Å²) < 4.78 is 33.2. The minimum Gasteiger partial charge on any atom is -0.495 e. The number of carbonyl (C=O) groups excluding carboxylic acids is 1. The van der Waals surface area contributed by atoms with Crippen LogP contribution in [0.2, 0.25) is 5.02 Å². The van der Waals surface area contributed by atoms with E-state index in [9.17, 15) is 13.2 Å². The van der Waals surface area contributed by atoms with E-state index in [4.69, 9.17) is 16.3 Å². The zero-order valence-corrected chi connectivity index (χ0v) is 20.4. The van der Waals surface area contributed by atoms with Crippen LogP contribution in [0.3, 0.4) is 0 Å². The van der Waals surface area contributed by atoms with Gasteiger partial charge in [-0.25, -0.2) is 8.42 Å². The van der Waals surface area contributed by atoms with Crippen LogP contribution in [0.25, 0.3) is 0 Å². The van der Waals surface area contributed by atoms with Crippen LogP contribution >= 0.6 is 11.6 Å². The number of hydrogen-bond donors (Lipinski definition) is 1. The Morgan fingerprint density at radius 1 is 1.00 bits per heavy atom. The Morgan fingerprint density at radius 3 is 2.27 bits per heavy atom. The lowest BCUT2D eigenvalue weighted by molar-refractivity contribution is -0.116. The lowest BCUT2D eigenvalue weighted by Crippen LogP contribution is -2.39. The van der Waals surface area contributed by atoms with Crippen molar-refractivity contribution < 1.29 is 17.9 Å². The molecule has 0 bridgehead atoms. The summed E-state index contributed by atoms with van der Waals surface area (Å²) in [6, 6.07) is 19.5. The number of anilines is 1. The number of amides is 1. The molecule has 1 amide bonds. The third kappa shape index (κ3) is 6.57. The number of ether oxygens (including phenoxy) is 1. The fourth-order valence-corrected chi connectivity index (χ4v) is 5.29. The van der Waals surface area contributed by atoms with E-state index in [1.807, 2.05) is 62.4 Å². The maximum absolute atomic E-state index is 13.4. The van der Waals surface area contributed by atoms with Gasteiger partial charge in [0.2, 0.25) is 15.9 Å². The lowest BCUT2D eigenvalue weighted by atomic mass is 10.1. The van der Waals surface area contributed by atoms with Crippen molar-refractivity contribution in [1.82, 2.24) is 4.31 Å². The molecule has 0 aliphatic carbocycles. The Hall–Kier alpha value is -2.87. The molecule has 8 heteroatoms. The van der Waals surface area contributed by atoms with Gasteiger partial charge in [-0.1, -0.05) is 48.0 Å². The molecule has 3 aromatic carbocycles. The van der Waals surface area contributed by atoms with E-state index in [0.717, 1.165) is 16.7 Å². The van der Waals surface area contributed by atoms with Crippen LogP contribution in [-0.4, -0.2) is 38.8 Å². The van der Waals surface area contributed by atoms with E-state index >= 15 is 0 Å². The van der Waals surface area contributed by atoms with Gasteiger partial charge in [0.25, 0.3) is 0 Å². The first-order valence-corrected chi connectivity index (χ1v) is 12.3. The molecule has 6 nitrogen and oxygen atoms in total. The van der Waals surface area contributed by atoms with E-state index in [2.05, 4.69) is 5.32 Å². The number of halogens is 1. The number of benzene rings is 3. The van der Waals surface area contributed by atoms with Gasteiger partial charge in [0.1, 0.15) is 5.75 Å². The van der Waals surface area contributed by atoms with E-state index in [-0.39, 0.29) is 23.0 Å². The molecule has 0 radical (unpaired) electrons. The number of aryl methyl sites for hydroxylation is 2. The number of sulfonamides is 1. The van der Waals surface area contributed by atoms with Crippen molar-refractivity contribution in [2.24, 2.45) is 0 Å². The quantitative estimate of drug-likeness (QED) is 0.469. The van der Waals surface area contributed by atoms with Gasteiger partial charge in [-0.2, -0.15) is 4.31 Å². The Kier molecular flexibility index (Phi) is 8.13. The van der Waals surface area contributed by atoms with Crippen LogP contribution in [0, 0.1) is 13.8 Å². The molecule has 0 aliphatic rings. The highest BCUT2D eigenvalue weighted by atomic mass is 35.5. The second-order valence-corrected chi connectivity index (χ2v) is 10.1. The number of nitrogens with zero attached hydrogens (tertiary/aromatic N) is 1. The van der Waals surface area contributed by atoms with E-state index in [1.165, 1.54) is 29.6 Å². The summed E-state index contributed by atoms with van der Waals surface area (Å²) in [6.07, 6.45) is 0.459. The number of hydrogen-bond acceptors (Lipinski definition) is 4. The molecule has 0 spiro atoms. The Bertz CT molecular complexity index is 1210. The van der Waals surface area contributed by atoms with Gasteiger partial charge in [0, 0.05) is 12.2 Å². The zero-order chi connectivity index (χ0) is 24.0. The molecule has 174 valence electrons. The van der Waals surface area contributed by atoms with Crippen molar-refractivity contribution in [3.63, 3.8) is 0 Å². The highest BCUT2D eigenvalue weighted by molar-refractivity contribution is 7.89. The summed E-state index contributed by atoms with van der Waals surface area (Å²) in [7, 11) is -2.53. The van der Waals surface area contributed by atoms with Crippen LogP contribution < -0.4 is 10.1 Å². The smallest absolute Gasteiger partial charge is 0.243 e. The summed E-state index contributed by atoms with van der Waals surface area (Å²) in [6.45, 7) is 3.68. The molecular weight excluding hydrogens is 460 g/mol. The summed E-state index contributed by atoms with van der Waals surface area (Å²) in [5.74, 6) is -0.0461. The topological polar surface area (TPSA) is 75.7 Å². The molecule has 3 aromatic rings. The molecule has 0 aromatic heterocycles. The summed E-state index contributed by atoms with van der Waals surface area (Å²) in [4.78, 5) is 12.8. The average Bonchev–Trinajstić information content (AvgIpc) is 2.76. The third-order valence-corrected chi connectivity index (χ3v) is 7.22. The lowest BCUT2D eigenvalue weighted by Gasteiger charge is -2.22. The molecule has 1 N–H and O–H groups in total. The van der Waals surface area contributed by atoms with Crippen molar-refractivity contribution in [3.8, 4) is 5.75 Å². The average molecular weight is 487 g/mol. The highest BCUT2D eigenvalue weighted by Crippen LogP contribution is 2.28. The fourth-order valence-electron chi connectivity index (χ4n) is 3.55. The largest absolute Gasteiger partial charge is 0.495 e. The van der Waals surface area contributed by atoms with Gasteiger partial charge in [-0.05, 0) is 67.3 Å². The first kappa shape index (κ1) is 24.8. The van der Waals surface area contributed by atoms with Gasteiger partial charge in [0.15, 0.2) is 0 Å². The number of rotatable bonds is 9. The van der Waals surface area contributed by atoms with Crippen LogP contribution in [0.4, 0.5) is 5.69 Å². The number of nitrogens with one attached hydrogen (secondary N) is 1. The zero-order valence-electron chi connectivity index (χ0n) is 18.8. The van der Waals surface area contributed by atoms with Gasteiger partial charge in [-0.3, -0.25) is 4.79 Å². The molecular formula is C25H27ClN2O4S. The Labute approximate surface area is 200 Å². The highest BCUT2D eigenvalue weighted by Gasteiger charge is 2.27. The predicted octanol–water partition coefficient (Wildman–Crippen LogP) is 4.84. The Balaban J connectivity index is 1.86. The van der Waals surface area contributed by atoms with Crippen LogP contribution in [0.1, 0.15) is 16.7 Å². The predicted molar refractivity (Wildman–Crippen MR) is 131 cm³/mol. The van der Waals surface area contributed by atoms with E-state index in [0.29, 0.717) is 17.9 Å². The number of methoxy groups -OCH3 is 1. The maximum atomic E-state index is 13.4. The van der Waals surface area contributed by atoms with Crippen molar-refractivity contribution in [2.75, 3.05) is 25.5 Å². The molecule has 3 rings (SSSR count). The van der Waals surface area contributed by atoms with Gasteiger partial charge in [-0.15, -0.1) is 0 Å². The molecule has 0 saturated carbocycles. The van der Waals surface area contributed by atoms with E-state index < -0.39 is 15.9 Å². The molecule has 0 heterocycles. The summed E-state index contributed by atoms with van der Waals surface area (Å²) >= 11 is 6.17. The molecule has 0 unspecified atom stereocenters. The summed E-state index contributed by atoms with van der Waals surface area (Å²) in [5, 5.41) is 3.00. The Morgan fingerprint density at radius 2 is 1.67 bits per heavy atom. The normalized spacial score (nSPS) is 11.4. The minimum absolute atomic E-state index is 0.000520. The minimum atomic E-state index is -3.99.